The second-order valence-corrected chi connectivity index (χ2v) is 2.83. The van der Waals surface area contributed by atoms with Crippen LogP contribution < -0.4 is 0 Å². The van der Waals surface area contributed by atoms with Gasteiger partial charge in [0.15, 0.2) is 0 Å². The van der Waals surface area contributed by atoms with Crippen molar-refractivity contribution in [2.45, 2.75) is 32.5 Å². The van der Waals surface area contributed by atoms with E-state index in [1.807, 2.05) is 13.8 Å². The number of carboxylic acid groups (broad SMARTS) is 1. The fraction of sp³-hybridized carbons (Fsp3) is 0.857. The number of ether oxygens (including phenoxy) is 1. The molecule has 3 heteroatoms. The molecule has 10 heavy (non-hydrogen) atoms. The molecular weight excluding hydrogens is 132 g/mol. The van der Waals surface area contributed by atoms with Gasteiger partial charge in [0, 0.05) is 0 Å². The molecule has 0 unspecified atom stereocenters. The first-order valence-electron chi connectivity index (χ1n) is 3.49. The average molecular weight is 144 g/mol. The first-order valence-corrected chi connectivity index (χ1v) is 3.49. The van der Waals surface area contributed by atoms with E-state index in [1.165, 1.54) is 0 Å². The van der Waals surface area contributed by atoms with Crippen LogP contribution in [-0.2, 0) is 9.53 Å². The maximum atomic E-state index is 10.5. The lowest BCUT2D eigenvalue weighted by Crippen LogP contribution is -2.20. The highest BCUT2D eigenvalue weighted by molar-refractivity contribution is 5.71. The van der Waals surface area contributed by atoms with Crippen LogP contribution in [0.25, 0.3) is 0 Å². The first-order chi connectivity index (χ1) is 4.61. The molecule has 1 fully saturated rings. The van der Waals surface area contributed by atoms with E-state index in [-0.39, 0.29) is 18.1 Å². The fourth-order valence-electron chi connectivity index (χ4n) is 1.37. The van der Waals surface area contributed by atoms with Gasteiger partial charge in [-0.1, -0.05) is 0 Å². The normalized spacial score (nSPS) is 40.0. The third kappa shape index (κ3) is 1.29. The highest BCUT2D eigenvalue weighted by Crippen LogP contribution is 2.25. The van der Waals surface area contributed by atoms with Crippen LogP contribution in [0.15, 0.2) is 0 Å². The molecule has 0 aliphatic carbocycles. The van der Waals surface area contributed by atoms with Crippen LogP contribution in [0.4, 0.5) is 0 Å². The minimum absolute atomic E-state index is 0.107. The van der Waals surface area contributed by atoms with E-state index in [2.05, 4.69) is 0 Å². The van der Waals surface area contributed by atoms with E-state index in [4.69, 9.17) is 9.84 Å². The van der Waals surface area contributed by atoms with Gasteiger partial charge in [-0.25, -0.2) is 0 Å². The molecule has 1 saturated heterocycles. The summed E-state index contributed by atoms with van der Waals surface area (Å²) >= 11 is 0. The van der Waals surface area contributed by atoms with Crippen molar-refractivity contribution in [3.8, 4) is 0 Å². The molecule has 1 aliphatic heterocycles. The molecule has 1 rings (SSSR count). The molecule has 0 aromatic rings. The predicted octanol–water partition coefficient (Wildman–Crippen LogP) is 0.884. The van der Waals surface area contributed by atoms with Crippen molar-refractivity contribution >= 4 is 5.97 Å². The molecule has 58 valence electrons. The van der Waals surface area contributed by atoms with Gasteiger partial charge in [-0.2, -0.15) is 0 Å². The van der Waals surface area contributed by atoms with Gasteiger partial charge in [0.25, 0.3) is 0 Å². The number of hydrogen-bond acceptors (Lipinski definition) is 2. The van der Waals surface area contributed by atoms with Gasteiger partial charge < -0.3 is 9.84 Å². The van der Waals surface area contributed by atoms with E-state index >= 15 is 0 Å². The lowest BCUT2D eigenvalue weighted by atomic mass is 10.0. The Bertz CT molecular complexity index is 144. The van der Waals surface area contributed by atoms with Crippen molar-refractivity contribution in [1.29, 1.82) is 0 Å². The van der Waals surface area contributed by atoms with Crippen molar-refractivity contribution in [1.82, 2.24) is 0 Å². The molecule has 1 N–H and O–H groups in total. The SMILES string of the molecule is C[C@@H]1C[C@H](C(=O)O)[C@@H](C)O1. The third-order valence-electron chi connectivity index (χ3n) is 1.92. The minimum Gasteiger partial charge on any atom is -0.481 e. The summed E-state index contributed by atoms with van der Waals surface area (Å²) in [6.45, 7) is 3.71. The number of rotatable bonds is 1. The number of aliphatic carboxylic acids is 1. The topological polar surface area (TPSA) is 46.5 Å². The van der Waals surface area contributed by atoms with E-state index in [9.17, 15) is 4.79 Å². The van der Waals surface area contributed by atoms with Crippen LogP contribution >= 0.6 is 0 Å². The second-order valence-electron chi connectivity index (χ2n) is 2.83. The molecule has 0 aromatic carbocycles. The van der Waals surface area contributed by atoms with Gasteiger partial charge in [0.2, 0.25) is 0 Å². The Morgan fingerprint density at radius 3 is 2.40 bits per heavy atom. The molecule has 0 spiro atoms. The largest absolute Gasteiger partial charge is 0.481 e. The Labute approximate surface area is 60.0 Å². The zero-order valence-electron chi connectivity index (χ0n) is 6.20. The summed E-state index contributed by atoms with van der Waals surface area (Å²) in [5, 5.41) is 8.62. The van der Waals surface area contributed by atoms with Crippen LogP contribution in [0.1, 0.15) is 20.3 Å². The molecule has 3 nitrogen and oxygen atoms in total. The summed E-state index contributed by atoms with van der Waals surface area (Å²) in [5.74, 6) is -1.04. The van der Waals surface area contributed by atoms with Crippen LogP contribution in [-0.4, -0.2) is 23.3 Å². The molecular formula is C7H12O3. The number of carboxylic acids is 1. The van der Waals surface area contributed by atoms with Gasteiger partial charge >= 0.3 is 5.97 Å². The van der Waals surface area contributed by atoms with Gasteiger partial charge in [-0.05, 0) is 20.3 Å². The Morgan fingerprint density at radius 2 is 2.20 bits per heavy atom. The quantitative estimate of drug-likeness (QED) is 0.594. The summed E-state index contributed by atoms with van der Waals surface area (Å²) in [5.41, 5.74) is 0. The Kier molecular flexibility index (Phi) is 1.94. The van der Waals surface area contributed by atoms with Crippen molar-refractivity contribution in [2.75, 3.05) is 0 Å². The monoisotopic (exact) mass is 144 g/mol. The number of carbonyl (C=O) groups is 1. The zero-order valence-corrected chi connectivity index (χ0v) is 6.20. The first kappa shape index (κ1) is 7.54. The maximum Gasteiger partial charge on any atom is 0.309 e. The summed E-state index contributed by atoms with van der Waals surface area (Å²) < 4.78 is 5.25. The predicted molar refractivity (Wildman–Crippen MR) is 35.8 cm³/mol. The maximum absolute atomic E-state index is 10.5. The van der Waals surface area contributed by atoms with E-state index in [0.29, 0.717) is 6.42 Å². The summed E-state index contributed by atoms with van der Waals surface area (Å²) in [6.07, 6.45) is 0.639. The molecule has 0 radical (unpaired) electrons. The van der Waals surface area contributed by atoms with Crippen molar-refractivity contribution in [2.24, 2.45) is 5.92 Å². The van der Waals surface area contributed by atoms with Crippen LogP contribution in [0.5, 0.6) is 0 Å². The van der Waals surface area contributed by atoms with Crippen molar-refractivity contribution in [3.05, 3.63) is 0 Å². The summed E-state index contributed by atoms with van der Waals surface area (Å²) in [4.78, 5) is 10.5. The smallest absolute Gasteiger partial charge is 0.309 e. The Morgan fingerprint density at radius 1 is 1.60 bits per heavy atom. The fourth-order valence-corrected chi connectivity index (χ4v) is 1.37. The molecule has 0 aromatic heterocycles. The van der Waals surface area contributed by atoms with Gasteiger partial charge in [0.05, 0.1) is 18.1 Å². The zero-order chi connectivity index (χ0) is 7.72. The molecule has 0 amide bonds. The molecule has 0 bridgehead atoms. The second kappa shape index (κ2) is 2.58. The molecule has 0 saturated carbocycles. The van der Waals surface area contributed by atoms with Crippen molar-refractivity contribution in [3.63, 3.8) is 0 Å². The summed E-state index contributed by atoms with van der Waals surface area (Å²) in [7, 11) is 0. The Balaban J connectivity index is 2.54. The lowest BCUT2D eigenvalue weighted by molar-refractivity contribution is -0.143. The number of hydrogen-bond donors (Lipinski definition) is 1. The van der Waals surface area contributed by atoms with E-state index in [0.717, 1.165) is 0 Å². The standard InChI is InChI=1S/C7H12O3/c1-4-3-6(7(8)9)5(2)10-4/h4-6H,3H2,1-2H3,(H,8,9)/t4-,5-,6+/m1/s1. The van der Waals surface area contributed by atoms with Gasteiger partial charge in [-0.3, -0.25) is 4.79 Å². The Hall–Kier alpha value is -0.570. The highest BCUT2D eigenvalue weighted by atomic mass is 16.5. The van der Waals surface area contributed by atoms with Crippen LogP contribution in [0.3, 0.4) is 0 Å². The van der Waals surface area contributed by atoms with Crippen molar-refractivity contribution < 1.29 is 14.6 Å². The van der Waals surface area contributed by atoms with Crippen LogP contribution in [0, 0.1) is 5.92 Å². The average Bonchev–Trinajstić information content (AvgIpc) is 2.10. The molecule has 1 heterocycles. The highest BCUT2D eigenvalue weighted by Gasteiger charge is 2.34. The molecule has 1 aliphatic rings. The van der Waals surface area contributed by atoms with E-state index in [1.54, 1.807) is 0 Å². The summed E-state index contributed by atoms with van der Waals surface area (Å²) in [6, 6.07) is 0. The molecule has 3 atom stereocenters. The van der Waals surface area contributed by atoms with Gasteiger partial charge in [0.1, 0.15) is 0 Å². The third-order valence-corrected chi connectivity index (χ3v) is 1.92. The van der Waals surface area contributed by atoms with Crippen LogP contribution in [0.2, 0.25) is 0 Å². The van der Waals surface area contributed by atoms with Gasteiger partial charge in [-0.15, -0.1) is 0 Å². The lowest BCUT2D eigenvalue weighted by Gasteiger charge is -2.06. The van der Waals surface area contributed by atoms with E-state index < -0.39 is 5.97 Å². The minimum atomic E-state index is -0.739.